The average molecular weight is 503 g/mol. The molecule has 1 atom stereocenters. The molecule has 0 spiro atoms. The zero-order valence-corrected chi connectivity index (χ0v) is 21.7. The smallest absolute Gasteiger partial charge is 0.234 e. The molecule has 0 fully saturated rings. The zero-order chi connectivity index (χ0) is 25.5. The molecule has 1 unspecified atom stereocenters. The van der Waals surface area contributed by atoms with Crippen molar-refractivity contribution in [1.29, 1.82) is 0 Å². The number of anilines is 1. The number of aromatic nitrogens is 3. The van der Waals surface area contributed by atoms with E-state index in [1.54, 1.807) is 14.2 Å². The van der Waals surface area contributed by atoms with Crippen LogP contribution in [-0.4, -0.2) is 40.6 Å². The molecule has 1 N–H and O–H groups in total. The largest absolute Gasteiger partial charge is 0.497 e. The van der Waals surface area contributed by atoms with Crippen molar-refractivity contribution in [2.45, 2.75) is 31.3 Å². The predicted molar refractivity (Wildman–Crippen MR) is 144 cm³/mol. The summed E-state index contributed by atoms with van der Waals surface area (Å²) < 4.78 is 12.6. The molecule has 36 heavy (non-hydrogen) atoms. The third-order valence-electron chi connectivity index (χ3n) is 6.00. The van der Waals surface area contributed by atoms with Crippen LogP contribution in [0.4, 0.5) is 5.69 Å². The highest BCUT2D eigenvalue weighted by molar-refractivity contribution is 7.99. The minimum absolute atomic E-state index is 0.108. The van der Waals surface area contributed by atoms with Crippen LogP contribution in [0, 0.1) is 0 Å². The third kappa shape index (κ3) is 5.88. The SMILES string of the molecule is CCC(C)c1ccc(NC(=O)CSc2nnc(-c3cccc(OC)c3)n2-c2ccc(OC)cc2)cc1. The van der Waals surface area contributed by atoms with E-state index in [0.717, 1.165) is 34.9 Å². The minimum Gasteiger partial charge on any atom is -0.497 e. The van der Waals surface area contributed by atoms with Crippen LogP contribution < -0.4 is 14.8 Å². The van der Waals surface area contributed by atoms with Gasteiger partial charge in [0.05, 0.1) is 20.0 Å². The molecule has 186 valence electrons. The van der Waals surface area contributed by atoms with E-state index in [4.69, 9.17) is 9.47 Å². The van der Waals surface area contributed by atoms with E-state index < -0.39 is 0 Å². The Bertz CT molecular complexity index is 1300. The van der Waals surface area contributed by atoms with Crippen molar-refractivity contribution in [2.24, 2.45) is 0 Å². The molecule has 0 saturated carbocycles. The van der Waals surface area contributed by atoms with Gasteiger partial charge in [-0.1, -0.05) is 49.9 Å². The fourth-order valence-corrected chi connectivity index (χ4v) is 4.49. The first-order valence-electron chi connectivity index (χ1n) is 11.8. The monoisotopic (exact) mass is 502 g/mol. The van der Waals surface area contributed by atoms with E-state index in [2.05, 4.69) is 41.5 Å². The topological polar surface area (TPSA) is 78.3 Å². The second-order valence-corrected chi connectivity index (χ2v) is 9.28. The maximum atomic E-state index is 12.7. The van der Waals surface area contributed by atoms with Gasteiger partial charge < -0.3 is 14.8 Å². The Hall–Kier alpha value is -3.78. The number of hydrogen-bond donors (Lipinski definition) is 1. The van der Waals surface area contributed by atoms with Crippen molar-refractivity contribution >= 4 is 23.4 Å². The van der Waals surface area contributed by atoms with Crippen LogP contribution in [0.25, 0.3) is 17.1 Å². The quantitative estimate of drug-likeness (QED) is 0.260. The number of methoxy groups -OCH3 is 2. The van der Waals surface area contributed by atoms with Gasteiger partial charge >= 0.3 is 0 Å². The van der Waals surface area contributed by atoms with Crippen molar-refractivity contribution < 1.29 is 14.3 Å². The van der Waals surface area contributed by atoms with Crippen molar-refractivity contribution in [3.8, 4) is 28.6 Å². The van der Waals surface area contributed by atoms with E-state index in [9.17, 15) is 4.79 Å². The summed E-state index contributed by atoms with van der Waals surface area (Å²) in [5.74, 6) is 2.71. The predicted octanol–water partition coefficient (Wildman–Crippen LogP) is 6.20. The number of carbonyl (C=O) groups excluding carboxylic acids is 1. The molecule has 0 aliphatic carbocycles. The van der Waals surface area contributed by atoms with Gasteiger partial charge in [0.2, 0.25) is 5.91 Å². The van der Waals surface area contributed by atoms with E-state index in [1.807, 2.05) is 65.2 Å². The second-order valence-electron chi connectivity index (χ2n) is 8.34. The number of amides is 1. The lowest BCUT2D eigenvalue weighted by molar-refractivity contribution is -0.113. The summed E-state index contributed by atoms with van der Waals surface area (Å²) >= 11 is 1.33. The number of hydrogen-bond acceptors (Lipinski definition) is 6. The molecule has 4 aromatic rings. The van der Waals surface area contributed by atoms with E-state index >= 15 is 0 Å². The summed E-state index contributed by atoms with van der Waals surface area (Å²) in [5, 5.41) is 12.4. The lowest BCUT2D eigenvalue weighted by atomic mass is 9.99. The number of nitrogens with zero attached hydrogens (tertiary/aromatic N) is 3. The Morgan fingerprint density at radius 3 is 2.36 bits per heavy atom. The van der Waals surface area contributed by atoms with E-state index in [1.165, 1.54) is 17.3 Å². The highest BCUT2D eigenvalue weighted by Gasteiger charge is 2.18. The Morgan fingerprint density at radius 2 is 1.69 bits per heavy atom. The Morgan fingerprint density at radius 1 is 0.972 bits per heavy atom. The number of rotatable bonds is 10. The maximum Gasteiger partial charge on any atom is 0.234 e. The first-order chi connectivity index (χ1) is 17.5. The van der Waals surface area contributed by atoms with Crippen molar-refractivity contribution in [2.75, 3.05) is 25.3 Å². The van der Waals surface area contributed by atoms with Gasteiger partial charge in [0, 0.05) is 16.9 Å². The van der Waals surface area contributed by atoms with Crippen molar-refractivity contribution in [3.05, 3.63) is 78.4 Å². The first kappa shape index (κ1) is 25.3. The van der Waals surface area contributed by atoms with Gasteiger partial charge in [-0.3, -0.25) is 9.36 Å². The van der Waals surface area contributed by atoms with E-state index in [0.29, 0.717) is 16.9 Å². The number of nitrogens with one attached hydrogen (secondary N) is 1. The first-order valence-corrected chi connectivity index (χ1v) is 12.8. The number of thioether (sulfide) groups is 1. The molecular formula is C28H30N4O3S. The highest BCUT2D eigenvalue weighted by atomic mass is 32.2. The second kappa shape index (κ2) is 11.8. The van der Waals surface area contributed by atoms with Crippen LogP contribution in [-0.2, 0) is 4.79 Å². The molecule has 0 aliphatic rings. The summed E-state index contributed by atoms with van der Waals surface area (Å²) in [6.07, 6.45) is 1.08. The molecule has 3 aromatic carbocycles. The summed E-state index contributed by atoms with van der Waals surface area (Å²) in [5.41, 5.74) is 3.77. The molecule has 1 aromatic heterocycles. The molecule has 7 nitrogen and oxygen atoms in total. The van der Waals surface area contributed by atoms with Gasteiger partial charge in [0.1, 0.15) is 11.5 Å². The Balaban J connectivity index is 1.55. The summed E-state index contributed by atoms with van der Waals surface area (Å²) in [7, 11) is 3.26. The number of ether oxygens (including phenoxy) is 2. The average Bonchev–Trinajstić information content (AvgIpc) is 3.36. The van der Waals surface area contributed by atoms with Crippen LogP contribution in [0.5, 0.6) is 11.5 Å². The van der Waals surface area contributed by atoms with Gasteiger partial charge in [0.15, 0.2) is 11.0 Å². The van der Waals surface area contributed by atoms with Gasteiger partial charge in [-0.25, -0.2) is 0 Å². The lowest BCUT2D eigenvalue weighted by Crippen LogP contribution is -2.14. The van der Waals surface area contributed by atoms with Crippen LogP contribution in [0.2, 0.25) is 0 Å². The molecular weight excluding hydrogens is 472 g/mol. The third-order valence-corrected chi connectivity index (χ3v) is 6.93. The molecule has 1 heterocycles. The Kier molecular flexibility index (Phi) is 8.28. The molecule has 1 amide bonds. The fourth-order valence-electron chi connectivity index (χ4n) is 3.73. The normalized spacial score (nSPS) is 11.7. The van der Waals surface area contributed by atoms with Crippen molar-refractivity contribution in [1.82, 2.24) is 14.8 Å². The minimum atomic E-state index is -0.108. The molecule has 0 aliphatic heterocycles. The van der Waals surface area contributed by atoms with Crippen LogP contribution in [0.1, 0.15) is 31.7 Å². The Labute approximate surface area is 215 Å². The van der Waals surface area contributed by atoms with E-state index in [-0.39, 0.29) is 11.7 Å². The van der Waals surface area contributed by atoms with Gasteiger partial charge in [-0.15, -0.1) is 10.2 Å². The van der Waals surface area contributed by atoms with Crippen LogP contribution >= 0.6 is 11.8 Å². The molecule has 8 heteroatoms. The van der Waals surface area contributed by atoms with Crippen LogP contribution in [0.3, 0.4) is 0 Å². The van der Waals surface area contributed by atoms with Crippen molar-refractivity contribution in [3.63, 3.8) is 0 Å². The van der Waals surface area contributed by atoms with Crippen LogP contribution in [0.15, 0.2) is 78.0 Å². The summed E-state index contributed by atoms with van der Waals surface area (Å²) in [4.78, 5) is 12.7. The maximum absolute atomic E-state index is 12.7. The highest BCUT2D eigenvalue weighted by Crippen LogP contribution is 2.30. The zero-order valence-electron chi connectivity index (χ0n) is 20.9. The number of benzene rings is 3. The fraction of sp³-hybridized carbons (Fsp3) is 0.250. The standard InChI is InChI=1S/C28H30N4O3S/c1-5-19(2)20-9-11-22(12-10-20)29-26(33)18-36-28-31-30-27(21-7-6-8-25(17-21)35-4)32(28)23-13-15-24(34-3)16-14-23/h6-17,19H,5,18H2,1-4H3,(H,29,33). The summed E-state index contributed by atoms with van der Waals surface area (Å²) in [6.45, 7) is 4.37. The molecule has 0 saturated heterocycles. The molecule has 4 rings (SSSR count). The van der Waals surface area contributed by atoms with Gasteiger partial charge in [0.25, 0.3) is 0 Å². The molecule has 0 bridgehead atoms. The van der Waals surface area contributed by atoms with Gasteiger partial charge in [-0.05, 0) is 66.4 Å². The molecule has 0 radical (unpaired) electrons. The summed E-state index contributed by atoms with van der Waals surface area (Å²) in [6, 6.07) is 23.3. The lowest BCUT2D eigenvalue weighted by Gasteiger charge is -2.12. The number of carbonyl (C=O) groups is 1. The van der Waals surface area contributed by atoms with Gasteiger partial charge in [-0.2, -0.15) is 0 Å².